The highest BCUT2D eigenvalue weighted by Gasteiger charge is 2.21. The molecule has 0 radical (unpaired) electrons. The van der Waals surface area contributed by atoms with Crippen molar-refractivity contribution in [1.82, 2.24) is 20.2 Å². The van der Waals surface area contributed by atoms with Crippen LogP contribution in [0.2, 0.25) is 0 Å². The van der Waals surface area contributed by atoms with Gasteiger partial charge in [-0.3, -0.25) is 14.9 Å². The monoisotopic (exact) mass is 334 g/mol. The summed E-state index contributed by atoms with van der Waals surface area (Å²) in [6, 6.07) is 12.8. The zero-order valence-corrected chi connectivity index (χ0v) is 13.7. The lowest BCUT2D eigenvalue weighted by molar-refractivity contribution is 0.0991. The number of pyridine rings is 1. The van der Waals surface area contributed by atoms with Crippen LogP contribution in [0.1, 0.15) is 29.0 Å². The number of ketones is 1. The Balaban J connectivity index is 1.39. The zero-order chi connectivity index (χ0) is 17.1. The van der Waals surface area contributed by atoms with Gasteiger partial charge >= 0.3 is 0 Å². The van der Waals surface area contributed by atoms with Crippen molar-refractivity contribution >= 4 is 5.78 Å². The molecule has 2 heterocycles. The normalized spacial score (nSPS) is 13.6. The fraction of sp³-hybridized carbons (Fsp3) is 0.263. The first-order valence-electron chi connectivity index (χ1n) is 8.37. The molecule has 0 bridgehead atoms. The number of benzene rings is 1. The highest BCUT2D eigenvalue weighted by Crippen LogP contribution is 2.29. The van der Waals surface area contributed by atoms with E-state index in [0.29, 0.717) is 28.8 Å². The highest BCUT2D eigenvalue weighted by molar-refractivity contribution is 5.97. The van der Waals surface area contributed by atoms with E-state index in [0.717, 1.165) is 12.4 Å². The molecule has 4 rings (SSSR count). The van der Waals surface area contributed by atoms with E-state index in [2.05, 4.69) is 20.2 Å². The van der Waals surface area contributed by atoms with Crippen LogP contribution >= 0.6 is 0 Å². The average Bonchev–Trinajstić information content (AvgIpc) is 3.38. The van der Waals surface area contributed by atoms with Crippen molar-refractivity contribution in [3.63, 3.8) is 0 Å². The Morgan fingerprint density at radius 3 is 2.72 bits per heavy atom. The molecule has 1 aromatic carbocycles. The number of nitrogens with zero attached hydrogens (tertiary/aromatic N) is 3. The summed E-state index contributed by atoms with van der Waals surface area (Å²) in [4.78, 5) is 20.9. The number of rotatable bonds is 7. The van der Waals surface area contributed by atoms with Crippen LogP contribution in [0.3, 0.4) is 0 Å². The third kappa shape index (κ3) is 3.91. The minimum absolute atomic E-state index is 0.0162. The molecule has 126 valence electrons. The summed E-state index contributed by atoms with van der Waals surface area (Å²) in [6.45, 7) is 0.766. The molecule has 0 saturated heterocycles. The molecular formula is C19H18N4O2. The van der Waals surface area contributed by atoms with E-state index in [1.54, 1.807) is 18.3 Å². The summed E-state index contributed by atoms with van der Waals surface area (Å²) < 4.78 is 5.69. The standard InChI is InChI=1S/C19H18N4O2/c24-17(14-6-8-15(9-7-14)25-12-13-4-5-13)11-18-21-19(23-22-18)16-3-1-2-10-20-16/h1-3,6-10,13H,4-5,11-12H2,(H,21,22,23). The molecule has 0 aliphatic heterocycles. The molecule has 0 atom stereocenters. The van der Waals surface area contributed by atoms with Gasteiger partial charge in [0.2, 0.25) is 0 Å². The van der Waals surface area contributed by atoms with E-state index >= 15 is 0 Å². The third-order valence-corrected chi connectivity index (χ3v) is 4.11. The predicted octanol–water partition coefficient (Wildman–Crippen LogP) is 3.08. The van der Waals surface area contributed by atoms with Gasteiger partial charge in [0.05, 0.1) is 13.0 Å². The summed E-state index contributed by atoms with van der Waals surface area (Å²) in [5, 5.41) is 6.93. The molecule has 2 aromatic heterocycles. The smallest absolute Gasteiger partial charge is 0.199 e. The minimum atomic E-state index is -0.0162. The Hall–Kier alpha value is -3.02. The zero-order valence-electron chi connectivity index (χ0n) is 13.7. The van der Waals surface area contributed by atoms with Gasteiger partial charge in [-0.05, 0) is 55.2 Å². The maximum absolute atomic E-state index is 12.4. The van der Waals surface area contributed by atoms with Gasteiger partial charge in [-0.15, -0.1) is 0 Å². The van der Waals surface area contributed by atoms with Gasteiger partial charge in [-0.1, -0.05) is 6.07 Å². The van der Waals surface area contributed by atoms with E-state index in [1.165, 1.54) is 12.8 Å². The van der Waals surface area contributed by atoms with E-state index in [4.69, 9.17) is 4.74 Å². The van der Waals surface area contributed by atoms with Crippen LogP contribution in [0.5, 0.6) is 5.75 Å². The number of Topliss-reactive ketones (excluding diaryl/α,β-unsaturated/α-hetero) is 1. The lowest BCUT2D eigenvalue weighted by atomic mass is 10.1. The number of hydrogen-bond donors (Lipinski definition) is 1. The van der Waals surface area contributed by atoms with Gasteiger partial charge in [-0.2, -0.15) is 5.10 Å². The highest BCUT2D eigenvalue weighted by atomic mass is 16.5. The summed E-state index contributed by atoms with van der Waals surface area (Å²) >= 11 is 0. The lowest BCUT2D eigenvalue weighted by Crippen LogP contribution is -2.05. The number of hydrogen-bond acceptors (Lipinski definition) is 5. The number of carbonyl (C=O) groups is 1. The first kappa shape index (κ1) is 15.5. The van der Waals surface area contributed by atoms with Gasteiger partial charge in [-0.25, -0.2) is 4.98 Å². The van der Waals surface area contributed by atoms with E-state index in [-0.39, 0.29) is 12.2 Å². The van der Waals surface area contributed by atoms with Crippen molar-refractivity contribution < 1.29 is 9.53 Å². The second kappa shape index (κ2) is 6.84. The van der Waals surface area contributed by atoms with Gasteiger partial charge in [0.1, 0.15) is 17.3 Å². The molecule has 25 heavy (non-hydrogen) atoms. The van der Waals surface area contributed by atoms with Crippen LogP contribution in [-0.4, -0.2) is 32.6 Å². The molecule has 1 saturated carbocycles. The summed E-state index contributed by atoms with van der Waals surface area (Å²) in [5.74, 6) is 2.52. The van der Waals surface area contributed by atoms with Crippen molar-refractivity contribution in [3.05, 3.63) is 60.0 Å². The number of ether oxygens (including phenoxy) is 1. The van der Waals surface area contributed by atoms with Crippen LogP contribution in [0.25, 0.3) is 11.5 Å². The molecule has 0 amide bonds. The fourth-order valence-corrected chi connectivity index (χ4v) is 2.47. The topological polar surface area (TPSA) is 80.8 Å². The fourth-order valence-electron chi connectivity index (χ4n) is 2.47. The van der Waals surface area contributed by atoms with Crippen molar-refractivity contribution in [2.75, 3.05) is 6.61 Å². The number of carbonyl (C=O) groups excluding carboxylic acids is 1. The van der Waals surface area contributed by atoms with E-state index in [1.807, 2.05) is 30.3 Å². The van der Waals surface area contributed by atoms with Gasteiger partial charge in [0.25, 0.3) is 0 Å². The molecule has 1 fully saturated rings. The molecule has 6 nitrogen and oxygen atoms in total. The number of aromatic amines is 1. The van der Waals surface area contributed by atoms with Crippen molar-refractivity contribution in [3.8, 4) is 17.3 Å². The molecule has 0 spiro atoms. The lowest BCUT2D eigenvalue weighted by Gasteiger charge is -2.05. The third-order valence-electron chi connectivity index (χ3n) is 4.11. The summed E-state index contributed by atoms with van der Waals surface area (Å²) in [7, 11) is 0. The molecule has 3 aromatic rings. The van der Waals surface area contributed by atoms with Crippen LogP contribution in [0.4, 0.5) is 0 Å². The second-order valence-electron chi connectivity index (χ2n) is 6.20. The Morgan fingerprint density at radius 2 is 2.00 bits per heavy atom. The summed E-state index contributed by atoms with van der Waals surface area (Å²) in [5.41, 5.74) is 1.31. The van der Waals surface area contributed by atoms with Crippen LogP contribution in [0, 0.1) is 5.92 Å². The van der Waals surface area contributed by atoms with Crippen LogP contribution in [-0.2, 0) is 6.42 Å². The Morgan fingerprint density at radius 1 is 1.16 bits per heavy atom. The molecule has 1 aliphatic carbocycles. The van der Waals surface area contributed by atoms with Gasteiger partial charge in [0, 0.05) is 11.8 Å². The van der Waals surface area contributed by atoms with E-state index < -0.39 is 0 Å². The molecule has 6 heteroatoms. The predicted molar refractivity (Wildman–Crippen MR) is 92.3 cm³/mol. The maximum atomic E-state index is 12.4. The minimum Gasteiger partial charge on any atom is -0.493 e. The van der Waals surface area contributed by atoms with Crippen molar-refractivity contribution in [1.29, 1.82) is 0 Å². The number of nitrogens with one attached hydrogen (secondary N) is 1. The van der Waals surface area contributed by atoms with E-state index in [9.17, 15) is 4.79 Å². The average molecular weight is 334 g/mol. The SMILES string of the molecule is O=C(Cc1nc(-c2ccccn2)n[nH]1)c1ccc(OCC2CC2)cc1. The molecule has 0 unspecified atom stereocenters. The molecule has 1 N–H and O–H groups in total. The molecular weight excluding hydrogens is 316 g/mol. The van der Waals surface area contributed by atoms with Crippen LogP contribution < -0.4 is 4.74 Å². The quantitative estimate of drug-likeness (QED) is 0.672. The summed E-state index contributed by atoms with van der Waals surface area (Å²) in [6.07, 6.45) is 4.37. The first-order chi connectivity index (χ1) is 12.3. The van der Waals surface area contributed by atoms with Gasteiger partial charge < -0.3 is 4.74 Å². The second-order valence-corrected chi connectivity index (χ2v) is 6.20. The van der Waals surface area contributed by atoms with Crippen LogP contribution in [0.15, 0.2) is 48.7 Å². The van der Waals surface area contributed by atoms with Crippen molar-refractivity contribution in [2.45, 2.75) is 19.3 Å². The largest absolute Gasteiger partial charge is 0.493 e. The Bertz CT molecular complexity index is 855. The van der Waals surface area contributed by atoms with Gasteiger partial charge in [0.15, 0.2) is 11.6 Å². The van der Waals surface area contributed by atoms with Crippen molar-refractivity contribution in [2.24, 2.45) is 5.92 Å². The maximum Gasteiger partial charge on any atom is 0.199 e. The number of H-pyrrole nitrogens is 1. The Kier molecular flexibility index (Phi) is 4.24. The molecule has 1 aliphatic rings. The Labute approximate surface area is 145 Å². The first-order valence-corrected chi connectivity index (χ1v) is 8.37. The number of aromatic nitrogens is 4.